The van der Waals surface area contributed by atoms with Crippen LogP contribution in [0.25, 0.3) is 0 Å². The van der Waals surface area contributed by atoms with E-state index in [2.05, 4.69) is 42.5 Å². The highest BCUT2D eigenvalue weighted by Crippen LogP contribution is 2.33. The van der Waals surface area contributed by atoms with Gasteiger partial charge in [-0.05, 0) is 99.6 Å². The minimum atomic E-state index is 0. The van der Waals surface area contributed by atoms with E-state index in [1.165, 1.54) is 0 Å². The average Bonchev–Trinajstić information content (AvgIpc) is 2.95. The number of fused-ring (bicyclic) bond motifs is 1. The number of methoxy groups -OCH3 is 2. The van der Waals surface area contributed by atoms with E-state index >= 15 is 0 Å². The molecule has 0 aliphatic carbocycles. The molecule has 1 amide bonds. The first-order valence-corrected chi connectivity index (χ1v) is 12.7. The van der Waals surface area contributed by atoms with Crippen LogP contribution in [0.3, 0.4) is 0 Å². The summed E-state index contributed by atoms with van der Waals surface area (Å²) < 4.78 is 12.6. The zero-order chi connectivity index (χ0) is 23.8. The Morgan fingerprint density at radius 1 is 0.971 bits per heavy atom. The van der Waals surface area contributed by atoms with Gasteiger partial charge in [0.1, 0.15) is 0 Å². The number of halogens is 3. The van der Waals surface area contributed by atoms with Gasteiger partial charge in [0.15, 0.2) is 11.5 Å². The molecule has 1 aliphatic rings. The summed E-state index contributed by atoms with van der Waals surface area (Å²) in [5.41, 5.74) is 9.85. The van der Waals surface area contributed by atoms with E-state index in [1.54, 1.807) is 14.2 Å². The third kappa shape index (κ3) is 7.66. The molecule has 0 spiro atoms. The van der Waals surface area contributed by atoms with Crippen molar-refractivity contribution in [1.29, 1.82) is 0 Å². The Bertz CT molecular complexity index is 954. The Labute approximate surface area is 224 Å². The van der Waals surface area contributed by atoms with Crippen molar-refractivity contribution in [2.45, 2.75) is 25.7 Å². The quantitative estimate of drug-likeness (QED) is 0.251. The molecule has 0 saturated heterocycles. The topological polar surface area (TPSA) is 88.9 Å². The summed E-state index contributed by atoms with van der Waals surface area (Å²) in [7, 11) is 3.26. The second-order valence-electron chi connectivity index (χ2n) is 8.02. The molecule has 7 nitrogen and oxygen atoms in total. The van der Waals surface area contributed by atoms with Gasteiger partial charge >= 0.3 is 0 Å². The van der Waals surface area contributed by atoms with Gasteiger partial charge in [-0.25, -0.2) is 0 Å². The van der Waals surface area contributed by atoms with Crippen molar-refractivity contribution < 1.29 is 14.3 Å². The van der Waals surface area contributed by atoms with Gasteiger partial charge in [0, 0.05) is 34.3 Å². The van der Waals surface area contributed by atoms with Gasteiger partial charge in [0.25, 0.3) is 0 Å². The van der Waals surface area contributed by atoms with Gasteiger partial charge in [-0.1, -0.05) is 0 Å². The molecule has 0 saturated carbocycles. The van der Waals surface area contributed by atoms with Crippen LogP contribution < -0.4 is 25.8 Å². The smallest absolute Gasteiger partial charge is 0.227 e. The molecule has 34 heavy (non-hydrogen) atoms. The Hall–Kier alpha value is -1.68. The van der Waals surface area contributed by atoms with Gasteiger partial charge in [0.05, 0.1) is 26.3 Å². The monoisotopic (exact) mass is 618 g/mol. The predicted octanol–water partition coefficient (Wildman–Crippen LogP) is 4.64. The van der Waals surface area contributed by atoms with Crippen LogP contribution in [-0.4, -0.2) is 57.8 Å². The summed E-state index contributed by atoms with van der Waals surface area (Å²) in [6.45, 7) is 4.17. The average molecular weight is 621 g/mol. The fourth-order valence-corrected chi connectivity index (χ4v) is 5.09. The third-order valence-corrected chi connectivity index (χ3v) is 7.08. The number of hydrogen-bond acceptors (Lipinski definition) is 6. The highest BCUT2D eigenvalue weighted by Gasteiger charge is 2.22. The number of nitrogen functional groups attached to an aromatic ring is 1. The Kier molecular flexibility index (Phi) is 11.8. The number of carbonyl (C=O) groups excluding carboxylic acids is 1. The van der Waals surface area contributed by atoms with E-state index in [9.17, 15) is 4.79 Å². The number of ether oxygens (including phenoxy) is 2. The minimum Gasteiger partial charge on any atom is -0.493 e. The molecule has 0 unspecified atom stereocenters. The summed E-state index contributed by atoms with van der Waals surface area (Å²) >= 11 is 6.93. The lowest BCUT2D eigenvalue weighted by Crippen LogP contribution is -2.34. The molecule has 0 radical (unpaired) electrons. The number of hydrogen-bond donors (Lipinski definition) is 3. The Balaban J connectivity index is 0.00000408. The van der Waals surface area contributed by atoms with Crippen molar-refractivity contribution in [3.63, 3.8) is 0 Å². The summed E-state index contributed by atoms with van der Waals surface area (Å²) in [5, 5.41) is 6.88. The lowest BCUT2D eigenvalue weighted by Gasteiger charge is -2.20. The molecule has 1 heterocycles. The summed E-state index contributed by atoms with van der Waals surface area (Å²) in [6, 6.07) is 7.90. The fraction of sp³-hybridized carbons (Fsp3) is 0.458. The van der Waals surface area contributed by atoms with Gasteiger partial charge < -0.3 is 30.7 Å². The van der Waals surface area contributed by atoms with E-state index < -0.39 is 0 Å². The molecular weight excluding hydrogens is 588 g/mol. The molecule has 2 aromatic rings. The molecule has 0 atom stereocenters. The molecular formula is C24H33Br2ClN4O3. The van der Waals surface area contributed by atoms with Gasteiger partial charge in [-0.3, -0.25) is 4.79 Å². The van der Waals surface area contributed by atoms with E-state index in [0.717, 1.165) is 77.7 Å². The first-order chi connectivity index (χ1) is 15.9. The molecule has 0 bridgehead atoms. The first-order valence-electron chi connectivity index (χ1n) is 11.1. The van der Waals surface area contributed by atoms with Gasteiger partial charge in [-0.15, -0.1) is 12.4 Å². The van der Waals surface area contributed by atoms with Gasteiger partial charge in [-0.2, -0.15) is 0 Å². The summed E-state index contributed by atoms with van der Waals surface area (Å²) in [4.78, 5) is 14.7. The maximum atomic E-state index is 12.8. The molecule has 10 heteroatoms. The Morgan fingerprint density at radius 2 is 1.59 bits per heavy atom. The molecule has 188 valence electrons. The van der Waals surface area contributed by atoms with Crippen LogP contribution in [0.15, 0.2) is 33.2 Å². The lowest BCUT2D eigenvalue weighted by atomic mass is 10.0. The number of anilines is 2. The maximum absolute atomic E-state index is 12.8. The molecule has 0 aromatic heterocycles. The number of rotatable bonds is 11. The zero-order valence-electron chi connectivity index (χ0n) is 19.6. The third-order valence-electron chi connectivity index (χ3n) is 5.77. The number of nitrogens with two attached hydrogens (primary N) is 1. The van der Waals surface area contributed by atoms with Crippen LogP contribution >= 0.6 is 44.3 Å². The van der Waals surface area contributed by atoms with Crippen molar-refractivity contribution in [2.24, 2.45) is 0 Å². The van der Waals surface area contributed by atoms with E-state index in [0.29, 0.717) is 23.6 Å². The highest BCUT2D eigenvalue weighted by molar-refractivity contribution is 9.11. The SMILES string of the molecule is COc1cc2c(cc1OC)CC(=O)N(CCCNCCCNc1cc(Br)c(N)c(Br)c1)CC2.Cl. The number of amides is 1. The molecule has 2 aromatic carbocycles. The van der Waals surface area contributed by atoms with Crippen LogP contribution in [0.2, 0.25) is 0 Å². The van der Waals surface area contributed by atoms with Crippen molar-refractivity contribution >= 4 is 61.5 Å². The van der Waals surface area contributed by atoms with Crippen LogP contribution in [0.4, 0.5) is 11.4 Å². The number of nitrogens with zero attached hydrogens (tertiary/aromatic N) is 1. The fourth-order valence-electron chi connectivity index (χ4n) is 3.90. The van der Waals surface area contributed by atoms with Crippen molar-refractivity contribution in [1.82, 2.24) is 10.2 Å². The summed E-state index contributed by atoms with van der Waals surface area (Å²) in [5.74, 6) is 1.56. The van der Waals surface area contributed by atoms with Crippen LogP contribution in [-0.2, 0) is 17.6 Å². The standard InChI is InChI=1S/C24H32Br2N4O3.ClH/c1-32-21-11-16-5-10-30(23(31)13-17(16)12-22(21)33-2)9-4-7-28-6-3-8-29-18-14-19(25)24(27)20(26)15-18;/h11-12,14-15,28-29H,3-10,13,27H2,1-2H3;1H. The van der Waals surface area contributed by atoms with E-state index in [-0.39, 0.29) is 18.3 Å². The van der Waals surface area contributed by atoms with Crippen molar-refractivity contribution in [3.05, 3.63) is 44.3 Å². The van der Waals surface area contributed by atoms with Crippen LogP contribution in [0.5, 0.6) is 11.5 Å². The van der Waals surface area contributed by atoms with Crippen molar-refractivity contribution in [3.8, 4) is 11.5 Å². The van der Waals surface area contributed by atoms with Crippen LogP contribution in [0.1, 0.15) is 24.0 Å². The van der Waals surface area contributed by atoms with Crippen molar-refractivity contribution in [2.75, 3.05) is 58.0 Å². The number of nitrogens with one attached hydrogen (secondary N) is 2. The molecule has 3 rings (SSSR count). The second kappa shape index (κ2) is 14.0. The molecule has 1 aliphatic heterocycles. The molecule has 4 N–H and O–H groups in total. The number of benzene rings is 2. The zero-order valence-corrected chi connectivity index (χ0v) is 23.6. The largest absolute Gasteiger partial charge is 0.493 e. The normalized spacial score (nSPS) is 13.1. The Morgan fingerprint density at radius 3 is 2.24 bits per heavy atom. The predicted molar refractivity (Wildman–Crippen MR) is 148 cm³/mol. The van der Waals surface area contributed by atoms with Crippen LogP contribution in [0, 0.1) is 0 Å². The second-order valence-corrected chi connectivity index (χ2v) is 9.73. The van der Waals surface area contributed by atoms with Gasteiger partial charge in [0.2, 0.25) is 5.91 Å². The van der Waals surface area contributed by atoms with E-state index in [1.807, 2.05) is 29.2 Å². The first kappa shape index (κ1) is 28.6. The minimum absolute atomic E-state index is 0. The molecule has 0 fully saturated rings. The highest BCUT2D eigenvalue weighted by atomic mass is 79.9. The van der Waals surface area contributed by atoms with E-state index in [4.69, 9.17) is 15.2 Å². The number of carbonyl (C=O) groups is 1. The lowest BCUT2D eigenvalue weighted by molar-refractivity contribution is -0.130. The maximum Gasteiger partial charge on any atom is 0.227 e. The summed E-state index contributed by atoms with van der Waals surface area (Å²) in [6.07, 6.45) is 3.17.